The Morgan fingerprint density at radius 2 is 1.93 bits per heavy atom. The summed E-state index contributed by atoms with van der Waals surface area (Å²) in [5.74, 6) is 1.77. The van der Waals surface area contributed by atoms with Crippen molar-refractivity contribution in [3.8, 4) is 0 Å². The molecule has 4 unspecified atom stereocenters. The quantitative estimate of drug-likeness (QED) is 0.741. The van der Waals surface area contributed by atoms with Crippen LogP contribution in [0.2, 0.25) is 0 Å². The van der Waals surface area contributed by atoms with Crippen molar-refractivity contribution in [1.29, 1.82) is 0 Å². The Kier molecular flexibility index (Phi) is 4.71. The summed E-state index contributed by atoms with van der Waals surface area (Å²) in [4.78, 5) is 28.0. The van der Waals surface area contributed by atoms with Crippen LogP contribution in [0.4, 0.5) is 0 Å². The highest BCUT2D eigenvalue weighted by Crippen LogP contribution is 2.44. The van der Waals surface area contributed by atoms with E-state index in [9.17, 15) is 18.0 Å². The van der Waals surface area contributed by atoms with Crippen LogP contribution in [0.3, 0.4) is 0 Å². The Morgan fingerprint density at radius 1 is 1.11 bits per heavy atom. The van der Waals surface area contributed by atoms with Crippen LogP contribution < -0.4 is 16.0 Å². The fourth-order valence-corrected chi connectivity index (χ4v) is 6.34. The van der Waals surface area contributed by atoms with Gasteiger partial charge in [0, 0.05) is 6.04 Å². The Morgan fingerprint density at radius 3 is 2.74 bits per heavy atom. The lowest BCUT2D eigenvalue weighted by Gasteiger charge is -2.42. The van der Waals surface area contributed by atoms with Gasteiger partial charge in [0.25, 0.3) is 5.56 Å². The summed E-state index contributed by atoms with van der Waals surface area (Å²) >= 11 is 0. The fraction of sp³-hybridized carbons (Fsp3) is 0.579. The molecule has 3 N–H and O–H groups in total. The smallest absolute Gasteiger partial charge is 0.307 e. The van der Waals surface area contributed by atoms with E-state index in [1.54, 1.807) is 0 Å². The molecule has 146 valence electrons. The predicted octanol–water partition coefficient (Wildman–Crippen LogP) is 2.10. The van der Waals surface area contributed by atoms with Gasteiger partial charge in [-0.25, -0.2) is 17.9 Å². The van der Waals surface area contributed by atoms with Gasteiger partial charge in [-0.3, -0.25) is 9.78 Å². The molecule has 4 rings (SSSR count). The van der Waals surface area contributed by atoms with E-state index < -0.39 is 21.3 Å². The second-order valence-electron chi connectivity index (χ2n) is 8.06. The fourth-order valence-electron chi connectivity index (χ4n) is 5.02. The summed E-state index contributed by atoms with van der Waals surface area (Å²) in [5.41, 5.74) is -0.895. The van der Waals surface area contributed by atoms with Crippen LogP contribution in [0.25, 0.3) is 10.9 Å². The van der Waals surface area contributed by atoms with Gasteiger partial charge in [0.1, 0.15) is 0 Å². The predicted molar refractivity (Wildman–Crippen MR) is 103 cm³/mol. The Hall–Kier alpha value is -1.93. The first-order valence-electron chi connectivity index (χ1n) is 9.62. The molecule has 1 aromatic carbocycles. The van der Waals surface area contributed by atoms with Crippen molar-refractivity contribution in [2.24, 2.45) is 17.8 Å². The molecule has 2 bridgehead atoms. The number of hydrogen-bond acceptors (Lipinski definition) is 4. The SMILES string of the molecule is CC(NS(=O)(=O)c1ccc2[nH]c(=O)[nH]c(=O)c2c1)C1CCC2CCCC1C2. The number of fused-ring (bicyclic) bond motifs is 3. The van der Waals surface area contributed by atoms with Crippen LogP contribution in [0.15, 0.2) is 32.7 Å². The third-order valence-corrected chi connectivity index (χ3v) is 7.90. The first-order chi connectivity index (χ1) is 12.8. The Labute approximate surface area is 157 Å². The maximum atomic E-state index is 12.9. The van der Waals surface area contributed by atoms with E-state index in [1.807, 2.05) is 6.92 Å². The molecule has 4 atom stereocenters. The van der Waals surface area contributed by atoms with E-state index in [0.717, 1.165) is 12.3 Å². The number of aromatic amines is 2. The summed E-state index contributed by atoms with van der Waals surface area (Å²) in [6.07, 6.45) is 7.22. The standard InChI is InChI=1S/C19H25N3O4S/c1-11(15-7-5-12-3-2-4-13(15)9-12)22-27(25,26)14-6-8-17-16(10-14)18(23)21-19(24)20-17/h6,8,10-13,15,22H,2-5,7,9H2,1H3,(H2,20,21,23,24). The number of rotatable bonds is 4. The highest BCUT2D eigenvalue weighted by molar-refractivity contribution is 7.89. The molecular weight excluding hydrogens is 366 g/mol. The topological polar surface area (TPSA) is 112 Å². The summed E-state index contributed by atoms with van der Waals surface area (Å²) in [7, 11) is -3.75. The molecule has 27 heavy (non-hydrogen) atoms. The largest absolute Gasteiger partial charge is 0.326 e. The third-order valence-electron chi connectivity index (χ3n) is 6.34. The average Bonchev–Trinajstić information content (AvgIpc) is 2.61. The molecule has 1 aromatic heterocycles. The number of nitrogens with one attached hydrogen (secondary N) is 3. The number of H-pyrrole nitrogens is 2. The highest BCUT2D eigenvalue weighted by atomic mass is 32.2. The van der Waals surface area contributed by atoms with Crippen molar-refractivity contribution in [2.75, 3.05) is 0 Å². The maximum Gasteiger partial charge on any atom is 0.326 e. The molecule has 0 saturated heterocycles. The zero-order valence-corrected chi connectivity index (χ0v) is 16.1. The summed E-state index contributed by atoms with van der Waals surface area (Å²) in [6.45, 7) is 1.95. The van der Waals surface area contributed by atoms with E-state index in [4.69, 9.17) is 0 Å². The van der Waals surface area contributed by atoms with Crippen molar-refractivity contribution in [3.05, 3.63) is 39.0 Å². The molecule has 7 nitrogen and oxygen atoms in total. The van der Waals surface area contributed by atoms with Gasteiger partial charge in [-0.2, -0.15) is 0 Å². The van der Waals surface area contributed by atoms with Gasteiger partial charge < -0.3 is 4.98 Å². The lowest BCUT2D eigenvalue weighted by atomic mass is 9.65. The summed E-state index contributed by atoms with van der Waals surface area (Å²) in [5, 5.41) is 0.151. The highest BCUT2D eigenvalue weighted by Gasteiger charge is 2.37. The van der Waals surface area contributed by atoms with Crippen molar-refractivity contribution in [2.45, 2.75) is 56.4 Å². The molecule has 2 saturated carbocycles. The van der Waals surface area contributed by atoms with Crippen molar-refractivity contribution in [1.82, 2.24) is 14.7 Å². The third kappa shape index (κ3) is 3.60. The summed E-state index contributed by atoms with van der Waals surface area (Å²) in [6, 6.07) is 4.04. The van der Waals surface area contributed by atoms with Crippen LogP contribution in [0.5, 0.6) is 0 Å². The molecule has 8 heteroatoms. The molecule has 2 aliphatic rings. The lowest BCUT2D eigenvalue weighted by Crippen LogP contribution is -2.44. The zero-order chi connectivity index (χ0) is 19.2. The van der Waals surface area contributed by atoms with E-state index in [-0.39, 0.29) is 16.3 Å². The molecule has 0 spiro atoms. The normalized spacial score (nSPS) is 26.8. The average molecular weight is 391 g/mol. The minimum atomic E-state index is -3.75. The molecule has 2 aliphatic carbocycles. The van der Waals surface area contributed by atoms with Crippen LogP contribution in [-0.4, -0.2) is 24.4 Å². The van der Waals surface area contributed by atoms with E-state index >= 15 is 0 Å². The molecule has 0 aliphatic heterocycles. The van der Waals surface area contributed by atoms with Gasteiger partial charge in [0.2, 0.25) is 10.0 Å². The van der Waals surface area contributed by atoms with Crippen LogP contribution >= 0.6 is 0 Å². The Bertz CT molecular complexity index is 1070. The van der Waals surface area contributed by atoms with Crippen molar-refractivity contribution in [3.63, 3.8) is 0 Å². The molecule has 0 radical (unpaired) electrons. The molecule has 0 amide bonds. The van der Waals surface area contributed by atoms with E-state index in [0.29, 0.717) is 17.4 Å². The van der Waals surface area contributed by atoms with Gasteiger partial charge in [0.05, 0.1) is 15.8 Å². The van der Waals surface area contributed by atoms with Gasteiger partial charge in [0.15, 0.2) is 0 Å². The minimum Gasteiger partial charge on any atom is -0.307 e. The Balaban J connectivity index is 1.59. The number of sulfonamides is 1. The molecule has 2 fully saturated rings. The number of benzene rings is 1. The van der Waals surface area contributed by atoms with Gasteiger partial charge >= 0.3 is 5.69 Å². The zero-order valence-electron chi connectivity index (χ0n) is 15.3. The van der Waals surface area contributed by atoms with E-state index in [1.165, 1.54) is 50.3 Å². The molecule has 1 heterocycles. The monoisotopic (exact) mass is 391 g/mol. The molecule has 2 aromatic rings. The second-order valence-corrected chi connectivity index (χ2v) is 9.77. The van der Waals surface area contributed by atoms with Gasteiger partial charge in [-0.15, -0.1) is 0 Å². The van der Waals surface area contributed by atoms with Crippen LogP contribution in [-0.2, 0) is 10.0 Å². The van der Waals surface area contributed by atoms with Crippen LogP contribution in [0.1, 0.15) is 45.4 Å². The number of aromatic nitrogens is 2. The van der Waals surface area contributed by atoms with Crippen molar-refractivity contribution < 1.29 is 8.42 Å². The minimum absolute atomic E-state index is 0.0386. The summed E-state index contributed by atoms with van der Waals surface area (Å²) < 4.78 is 28.6. The van der Waals surface area contributed by atoms with Crippen molar-refractivity contribution >= 4 is 20.9 Å². The lowest BCUT2D eigenvalue weighted by molar-refractivity contribution is 0.104. The first kappa shape index (κ1) is 18.4. The van der Waals surface area contributed by atoms with Gasteiger partial charge in [-0.05, 0) is 55.7 Å². The maximum absolute atomic E-state index is 12.9. The number of hydrogen-bond donors (Lipinski definition) is 3. The van der Waals surface area contributed by atoms with E-state index in [2.05, 4.69) is 14.7 Å². The van der Waals surface area contributed by atoms with Gasteiger partial charge in [-0.1, -0.05) is 25.7 Å². The molecular formula is C19H25N3O4S. The second kappa shape index (κ2) is 6.91. The van der Waals surface area contributed by atoms with Crippen LogP contribution in [0, 0.1) is 17.8 Å². The first-order valence-corrected chi connectivity index (χ1v) is 11.1.